The number of ether oxygens (including phenoxy) is 1. The molecule has 5 nitrogen and oxygen atoms in total. The van der Waals surface area contributed by atoms with Gasteiger partial charge in [0.15, 0.2) is 0 Å². The predicted octanol–water partition coefficient (Wildman–Crippen LogP) is 14.0. The summed E-state index contributed by atoms with van der Waals surface area (Å²) in [5.74, 6) is 2.03. The van der Waals surface area contributed by atoms with E-state index in [9.17, 15) is 0 Å². The predicted molar refractivity (Wildman–Crippen MR) is 245 cm³/mol. The van der Waals surface area contributed by atoms with E-state index in [1.54, 1.807) is 0 Å². The van der Waals surface area contributed by atoms with Gasteiger partial charge in [-0.3, -0.25) is 0 Å². The Morgan fingerprint density at radius 1 is 0.583 bits per heavy atom. The van der Waals surface area contributed by atoms with Crippen LogP contribution >= 0.6 is 0 Å². The van der Waals surface area contributed by atoms with E-state index >= 15 is 0 Å². The fraction of sp³-hybridized carbons (Fsp3) is 0.185. The zero-order valence-corrected chi connectivity index (χ0v) is 37.7. The molecule has 1 aliphatic heterocycles. The number of para-hydroxylation sites is 1. The molecule has 0 atom stereocenters. The summed E-state index contributed by atoms with van der Waals surface area (Å²) < 4.78 is 8.74. The van der Waals surface area contributed by atoms with Gasteiger partial charge in [-0.05, 0) is 117 Å². The van der Waals surface area contributed by atoms with E-state index in [0.29, 0.717) is 11.5 Å². The standard InChI is InChI=1S/C54H49N4O.Pt/c1-36-27-40(38-15-10-9-11-16-38)28-37(2)52(36)39-23-24-55-51(29-39)58-49-20-13-12-19-47(49)48-22-21-46(34-50(48)58)59-45-18-14-17-43(33-45)56-25-26-57(35-56)44-31-41(53(3,4)5)30-42(32-44)54(6,7)8;/h9-32,35H,1-8H3;/q-3;. The summed E-state index contributed by atoms with van der Waals surface area (Å²) in [5, 5.41) is 2.22. The number of fused-ring (bicyclic) bond motifs is 3. The van der Waals surface area contributed by atoms with Crippen LogP contribution in [0.15, 0.2) is 146 Å². The van der Waals surface area contributed by atoms with E-state index < -0.39 is 0 Å². The maximum absolute atomic E-state index is 6.54. The third kappa shape index (κ3) is 7.91. The molecule has 3 heterocycles. The zero-order chi connectivity index (χ0) is 41.1. The van der Waals surface area contributed by atoms with E-state index in [-0.39, 0.29) is 31.9 Å². The Labute approximate surface area is 369 Å². The van der Waals surface area contributed by atoms with Crippen LogP contribution in [0.5, 0.6) is 11.5 Å². The fourth-order valence-corrected chi connectivity index (χ4v) is 8.12. The van der Waals surface area contributed by atoms with Crippen LogP contribution < -0.4 is 14.5 Å². The number of aryl methyl sites for hydroxylation is 2. The summed E-state index contributed by atoms with van der Waals surface area (Å²) in [4.78, 5) is 9.20. The van der Waals surface area contributed by atoms with Crippen LogP contribution in [-0.4, -0.2) is 9.55 Å². The Bertz CT molecular complexity index is 2840. The van der Waals surface area contributed by atoms with Crippen LogP contribution in [0, 0.1) is 32.6 Å². The third-order valence-corrected chi connectivity index (χ3v) is 11.3. The molecule has 0 N–H and O–H groups in total. The molecule has 0 amide bonds. The summed E-state index contributed by atoms with van der Waals surface area (Å²) >= 11 is 0. The molecule has 0 radical (unpaired) electrons. The zero-order valence-electron chi connectivity index (χ0n) is 35.4. The Hall–Kier alpha value is -5.90. The average Bonchev–Trinajstić information content (AvgIpc) is 3.84. The molecule has 8 aromatic rings. The molecule has 0 unspecified atom stereocenters. The van der Waals surface area contributed by atoms with Gasteiger partial charge in [0.05, 0.1) is 0 Å². The second-order valence-corrected chi connectivity index (χ2v) is 17.7. The van der Waals surface area contributed by atoms with Crippen molar-refractivity contribution in [3.05, 3.63) is 187 Å². The molecule has 9 rings (SSSR count). The summed E-state index contributed by atoms with van der Waals surface area (Å²) in [7, 11) is 0. The van der Waals surface area contributed by atoms with E-state index in [1.807, 2.05) is 30.5 Å². The Balaban J connectivity index is 0.00000499. The minimum Gasteiger partial charge on any atom is -0.509 e. The molecule has 304 valence electrons. The normalized spacial score (nSPS) is 13.0. The van der Waals surface area contributed by atoms with Crippen molar-refractivity contribution in [2.75, 3.05) is 9.80 Å². The van der Waals surface area contributed by atoms with Gasteiger partial charge in [0.2, 0.25) is 0 Å². The summed E-state index contributed by atoms with van der Waals surface area (Å²) in [5.41, 5.74) is 13.9. The summed E-state index contributed by atoms with van der Waals surface area (Å²) in [6.07, 6.45) is 6.07. The number of hydrogen-bond acceptors (Lipinski definition) is 4. The van der Waals surface area contributed by atoms with Crippen molar-refractivity contribution >= 4 is 33.2 Å². The Morgan fingerprint density at radius 3 is 1.97 bits per heavy atom. The van der Waals surface area contributed by atoms with Crippen molar-refractivity contribution in [1.82, 2.24) is 9.55 Å². The second kappa shape index (κ2) is 15.9. The first kappa shape index (κ1) is 40.9. The molecule has 0 bridgehead atoms. The van der Waals surface area contributed by atoms with Gasteiger partial charge in [-0.2, -0.15) is 12.1 Å². The van der Waals surface area contributed by atoms with Crippen LogP contribution in [0.2, 0.25) is 0 Å². The van der Waals surface area contributed by atoms with Crippen LogP contribution in [0.4, 0.5) is 11.4 Å². The van der Waals surface area contributed by atoms with Gasteiger partial charge in [0.1, 0.15) is 5.82 Å². The van der Waals surface area contributed by atoms with E-state index in [0.717, 1.165) is 44.6 Å². The fourth-order valence-electron chi connectivity index (χ4n) is 8.12. The SMILES string of the molecule is Cc1cc(-c2ccccc2)cc(C)c1-c1ccnc(-n2c3[c-]c(Oc4[c-]c(N5C=CN(c6cc(C(C)(C)C)cc(C(C)(C)C)c6)[CH-]5)ccc4)ccc3c3ccccc32)c1.[Pt]. The molecule has 1 aliphatic rings. The van der Waals surface area contributed by atoms with Gasteiger partial charge in [-0.1, -0.05) is 114 Å². The van der Waals surface area contributed by atoms with Crippen LogP contribution in [0.25, 0.3) is 49.9 Å². The van der Waals surface area contributed by atoms with Gasteiger partial charge in [0, 0.05) is 50.0 Å². The number of hydrogen-bond donors (Lipinski definition) is 0. The molecule has 0 spiro atoms. The Kier molecular flexibility index (Phi) is 10.9. The van der Waals surface area contributed by atoms with Crippen molar-refractivity contribution in [2.24, 2.45) is 0 Å². The average molecular weight is 965 g/mol. The molecular weight excluding hydrogens is 916 g/mol. The number of aromatic nitrogens is 2. The molecule has 0 aliphatic carbocycles. The largest absolute Gasteiger partial charge is 0.509 e. The van der Waals surface area contributed by atoms with Crippen LogP contribution in [-0.2, 0) is 31.9 Å². The first-order valence-corrected chi connectivity index (χ1v) is 20.4. The van der Waals surface area contributed by atoms with Crippen LogP contribution in [0.1, 0.15) is 63.8 Å². The molecular formula is C54H49N4OPt-3. The second-order valence-electron chi connectivity index (χ2n) is 17.7. The third-order valence-electron chi connectivity index (χ3n) is 11.3. The Morgan fingerprint density at radius 2 is 1.25 bits per heavy atom. The summed E-state index contributed by atoms with van der Waals surface area (Å²) in [6.45, 7) is 20.1. The number of anilines is 2. The number of rotatable bonds is 7. The number of benzene rings is 6. The maximum atomic E-state index is 6.54. The smallest absolute Gasteiger partial charge is 0.136 e. The molecule has 0 saturated heterocycles. The number of nitrogens with zero attached hydrogens (tertiary/aromatic N) is 4. The molecule has 60 heavy (non-hydrogen) atoms. The van der Waals surface area contributed by atoms with E-state index in [2.05, 4.69) is 204 Å². The molecule has 0 fully saturated rings. The van der Waals surface area contributed by atoms with Crippen molar-refractivity contribution in [1.29, 1.82) is 0 Å². The van der Waals surface area contributed by atoms with Gasteiger partial charge < -0.3 is 19.1 Å². The van der Waals surface area contributed by atoms with Gasteiger partial charge in [-0.15, -0.1) is 48.1 Å². The summed E-state index contributed by atoms with van der Waals surface area (Å²) in [6, 6.07) is 52.1. The van der Waals surface area contributed by atoms with Crippen LogP contribution in [0.3, 0.4) is 0 Å². The minimum absolute atomic E-state index is 0. The topological polar surface area (TPSA) is 33.5 Å². The van der Waals surface area contributed by atoms with Crippen molar-refractivity contribution in [2.45, 2.75) is 66.2 Å². The minimum atomic E-state index is 0. The molecule has 6 aromatic carbocycles. The molecule has 0 saturated carbocycles. The quantitative estimate of drug-likeness (QED) is 0.149. The van der Waals surface area contributed by atoms with Crippen molar-refractivity contribution < 1.29 is 25.8 Å². The van der Waals surface area contributed by atoms with E-state index in [1.165, 1.54) is 38.9 Å². The van der Waals surface area contributed by atoms with Gasteiger partial charge in [-0.25, -0.2) is 4.98 Å². The van der Waals surface area contributed by atoms with E-state index in [4.69, 9.17) is 9.72 Å². The molecule has 6 heteroatoms. The van der Waals surface area contributed by atoms with Gasteiger partial charge in [0.25, 0.3) is 0 Å². The van der Waals surface area contributed by atoms with Gasteiger partial charge >= 0.3 is 0 Å². The maximum Gasteiger partial charge on any atom is 0.136 e. The molecule has 2 aromatic heterocycles. The number of pyridine rings is 1. The van der Waals surface area contributed by atoms with Crippen molar-refractivity contribution in [3.8, 4) is 39.6 Å². The monoisotopic (exact) mass is 964 g/mol. The first-order chi connectivity index (χ1) is 28.3. The first-order valence-electron chi connectivity index (χ1n) is 20.4. The van der Waals surface area contributed by atoms with Crippen molar-refractivity contribution in [3.63, 3.8) is 0 Å².